The summed E-state index contributed by atoms with van der Waals surface area (Å²) in [5.74, 6) is 0.171. The molecule has 43 heavy (non-hydrogen) atoms. The fraction of sp³-hybridized carbons (Fsp3) is 0.138. The van der Waals surface area contributed by atoms with Gasteiger partial charge in [-0.1, -0.05) is 18.2 Å². The molecule has 0 saturated heterocycles. The number of halogens is 3. The number of aromatic nitrogens is 3. The molecule has 0 radical (unpaired) electrons. The lowest BCUT2D eigenvalue weighted by atomic mass is 9.98. The monoisotopic (exact) mass is 612 g/mol. The smallest absolute Gasteiger partial charge is 0.443 e. The van der Waals surface area contributed by atoms with Crippen LogP contribution in [0, 0.1) is 6.92 Å². The summed E-state index contributed by atoms with van der Waals surface area (Å²) >= 11 is 0. The normalized spacial score (nSPS) is 11.8. The predicted octanol–water partition coefficient (Wildman–Crippen LogP) is 6.07. The van der Waals surface area contributed by atoms with Crippen molar-refractivity contribution in [3.05, 3.63) is 90.6 Å². The Balaban J connectivity index is 1.65. The van der Waals surface area contributed by atoms with Crippen LogP contribution in [0.1, 0.15) is 11.6 Å². The van der Waals surface area contributed by atoms with Crippen molar-refractivity contribution in [1.82, 2.24) is 14.8 Å². The molecule has 0 atom stereocenters. The highest BCUT2D eigenvalue weighted by atomic mass is 32.2. The van der Waals surface area contributed by atoms with Crippen molar-refractivity contribution in [2.24, 2.45) is 5.73 Å². The third-order valence-electron chi connectivity index (χ3n) is 6.19. The number of alkyl halides is 3. The van der Waals surface area contributed by atoms with Crippen LogP contribution in [0.15, 0.2) is 88.3 Å². The molecule has 2 aromatic heterocycles. The largest absolute Gasteiger partial charge is 0.573 e. The Bertz CT molecular complexity index is 1920. The fourth-order valence-electron chi connectivity index (χ4n) is 4.34. The van der Waals surface area contributed by atoms with E-state index in [2.05, 4.69) is 14.8 Å². The number of ether oxygens (including phenoxy) is 2. The number of hydrogen-bond donors (Lipinski definition) is 1. The zero-order valence-electron chi connectivity index (χ0n) is 22.6. The summed E-state index contributed by atoms with van der Waals surface area (Å²) in [6, 6.07) is 18.5. The van der Waals surface area contributed by atoms with Gasteiger partial charge in [-0.3, -0.25) is 0 Å². The van der Waals surface area contributed by atoms with Crippen molar-refractivity contribution < 1.29 is 40.3 Å². The van der Waals surface area contributed by atoms with Crippen molar-refractivity contribution in [1.29, 1.82) is 0 Å². The maximum atomic E-state index is 12.7. The molecular weight excluding hydrogens is 589 g/mol. The third kappa shape index (κ3) is 6.86. The first kappa shape index (κ1) is 29.4. The van der Waals surface area contributed by atoms with E-state index in [1.807, 2.05) is 0 Å². The van der Waals surface area contributed by atoms with E-state index < -0.39 is 28.0 Å². The highest BCUT2D eigenvalue weighted by Gasteiger charge is 2.31. The summed E-state index contributed by atoms with van der Waals surface area (Å²) in [6.45, 7) is 1.47. The van der Waals surface area contributed by atoms with Crippen molar-refractivity contribution in [2.75, 3.05) is 6.26 Å². The van der Waals surface area contributed by atoms with E-state index >= 15 is 0 Å². The van der Waals surface area contributed by atoms with E-state index in [1.54, 1.807) is 55.6 Å². The van der Waals surface area contributed by atoms with Crippen LogP contribution in [0.25, 0.3) is 39.4 Å². The maximum Gasteiger partial charge on any atom is 0.573 e. The zero-order chi connectivity index (χ0) is 30.9. The van der Waals surface area contributed by atoms with E-state index in [0.717, 1.165) is 6.26 Å². The number of carbonyl (C=O) groups excluding carboxylic acids is 1. The summed E-state index contributed by atoms with van der Waals surface area (Å²) in [4.78, 5) is 15.7. The number of nitrogens with zero attached hydrogens (tertiary/aromatic N) is 3. The lowest BCUT2D eigenvalue weighted by molar-refractivity contribution is -0.274. The molecule has 3 aromatic carbocycles. The van der Waals surface area contributed by atoms with E-state index in [4.69, 9.17) is 14.9 Å². The van der Waals surface area contributed by atoms with Crippen LogP contribution in [0.2, 0.25) is 0 Å². The van der Waals surface area contributed by atoms with Crippen molar-refractivity contribution in [2.45, 2.75) is 24.8 Å². The lowest BCUT2D eigenvalue weighted by Gasteiger charge is -2.13. The average molecular weight is 613 g/mol. The van der Waals surface area contributed by atoms with E-state index in [-0.39, 0.29) is 23.2 Å². The van der Waals surface area contributed by atoms with Gasteiger partial charge in [0.25, 0.3) is 0 Å². The first-order valence-electron chi connectivity index (χ1n) is 12.5. The van der Waals surface area contributed by atoms with Gasteiger partial charge in [0.2, 0.25) is 0 Å². The van der Waals surface area contributed by atoms with Gasteiger partial charge in [-0.2, -0.15) is 5.10 Å². The average Bonchev–Trinajstić information content (AvgIpc) is 3.57. The Labute approximate surface area is 243 Å². The second kappa shape index (κ2) is 11.3. The van der Waals surface area contributed by atoms with E-state index in [0.29, 0.717) is 39.3 Å². The molecule has 5 rings (SSSR count). The Kier molecular flexibility index (Phi) is 7.71. The number of rotatable bonds is 8. The number of sulfone groups is 1. The first-order chi connectivity index (χ1) is 20.3. The van der Waals surface area contributed by atoms with Crippen molar-refractivity contribution >= 4 is 15.9 Å². The Hall–Kier alpha value is -5.11. The molecule has 0 fully saturated rings. The summed E-state index contributed by atoms with van der Waals surface area (Å²) in [5.41, 5.74) is 8.51. The van der Waals surface area contributed by atoms with Gasteiger partial charge in [-0.25, -0.2) is 22.9 Å². The minimum Gasteiger partial charge on any atom is -0.443 e. The number of nitrogens with two attached hydrogens (primary N) is 1. The highest BCUT2D eigenvalue weighted by molar-refractivity contribution is 7.90. The second-order valence-corrected chi connectivity index (χ2v) is 11.4. The van der Waals surface area contributed by atoms with E-state index in [9.17, 15) is 26.4 Å². The Morgan fingerprint density at radius 1 is 1.00 bits per heavy atom. The quantitative estimate of drug-likeness (QED) is 0.223. The van der Waals surface area contributed by atoms with Crippen LogP contribution >= 0.6 is 0 Å². The maximum absolute atomic E-state index is 12.7. The molecule has 0 spiro atoms. The van der Waals surface area contributed by atoms with Gasteiger partial charge >= 0.3 is 12.5 Å². The molecule has 0 aliphatic carbocycles. The lowest BCUT2D eigenvalue weighted by Crippen LogP contribution is -2.16. The number of oxazole rings is 1. The van der Waals surface area contributed by atoms with Crippen LogP contribution in [-0.2, 0) is 21.2 Å². The number of primary amides is 1. The van der Waals surface area contributed by atoms with Crippen LogP contribution < -0.4 is 10.5 Å². The van der Waals surface area contributed by atoms with Crippen LogP contribution in [0.3, 0.4) is 0 Å². The van der Waals surface area contributed by atoms with Crippen LogP contribution in [-0.4, -0.2) is 41.9 Å². The Morgan fingerprint density at radius 3 is 2.37 bits per heavy atom. The molecule has 1 amide bonds. The second-order valence-electron chi connectivity index (χ2n) is 9.37. The number of amides is 1. The Morgan fingerprint density at radius 2 is 1.70 bits per heavy atom. The van der Waals surface area contributed by atoms with Crippen molar-refractivity contribution in [3.8, 4) is 45.1 Å². The molecule has 0 unspecified atom stereocenters. The summed E-state index contributed by atoms with van der Waals surface area (Å²) in [5, 5.41) is 4.46. The summed E-state index contributed by atoms with van der Waals surface area (Å²) in [7, 11) is -3.48. The minimum absolute atomic E-state index is 0.138. The van der Waals surface area contributed by atoms with Gasteiger partial charge in [0.15, 0.2) is 21.5 Å². The summed E-state index contributed by atoms with van der Waals surface area (Å²) in [6.07, 6.45) is -3.04. The molecule has 5 aromatic rings. The van der Waals surface area contributed by atoms with Crippen molar-refractivity contribution in [3.63, 3.8) is 0 Å². The standard InChI is InChI=1S/C29H23F3N4O6S/c1-17-34-26(18-6-9-22(10-7-18)42-29(30,31)32)27(41-17)24-15-20(19-4-3-5-23(14-19)43(2,38)39)8-11-25(24)36-13-12-21(35-36)16-40-28(33)37/h3-15H,16H2,1-2H3,(H2,33,37). The third-order valence-corrected chi connectivity index (χ3v) is 7.30. The number of carbonyl (C=O) groups is 1. The van der Waals surface area contributed by atoms with Gasteiger partial charge in [-0.05, 0) is 65.7 Å². The molecule has 2 N–H and O–H groups in total. The van der Waals surface area contributed by atoms with Gasteiger partial charge < -0.3 is 19.6 Å². The number of benzene rings is 3. The molecule has 0 bridgehead atoms. The topological polar surface area (TPSA) is 140 Å². The van der Waals surface area contributed by atoms with Gasteiger partial charge in [-0.15, -0.1) is 13.2 Å². The molecule has 0 aliphatic heterocycles. The fourth-order valence-corrected chi connectivity index (χ4v) is 5.01. The highest BCUT2D eigenvalue weighted by Crippen LogP contribution is 2.39. The molecule has 222 valence electrons. The predicted molar refractivity (Wildman–Crippen MR) is 149 cm³/mol. The van der Waals surface area contributed by atoms with Crippen LogP contribution in [0.4, 0.5) is 18.0 Å². The molecule has 2 heterocycles. The number of hydrogen-bond acceptors (Lipinski definition) is 8. The zero-order valence-corrected chi connectivity index (χ0v) is 23.4. The van der Waals surface area contributed by atoms with Gasteiger partial charge in [0.1, 0.15) is 23.7 Å². The van der Waals surface area contributed by atoms with Gasteiger partial charge in [0.05, 0.1) is 10.6 Å². The van der Waals surface area contributed by atoms with Gasteiger partial charge in [0, 0.05) is 30.5 Å². The minimum atomic E-state index is -4.84. The molecule has 0 aliphatic rings. The SMILES string of the molecule is Cc1nc(-c2ccc(OC(F)(F)F)cc2)c(-c2cc(-c3cccc(S(C)(=O)=O)c3)ccc2-n2ccc(COC(N)=O)n2)o1. The molecule has 14 heteroatoms. The molecule has 0 saturated carbocycles. The molecule has 10 nitrogen and oxygen atoms in total. The number of aryl methyl sites for hydroxylation is 1. The first-order valence-corrected chi connectivity index (χ1v) is 14.4. The van der Waals surface area contributed by atoms with E-state index in [1.165, 1.54) is 35.0 Å². The summed E-state index contributed by atoms with van der Waals surface area (Å²) < 4.78 is 78.9. The molecular formula is C29H23F3N4O6S. The van der Waals surface area contributed by atoms with Crippen LogP contribution in [0.5, 0.6) is 5.75 Å².